The van der Waals surface area contributed by atoms with Crippen molar-refractivity contribution < 1.29 is 14.2 Å². The van der Waals surface area contributed by atoms with Crippen LogP contribution in [0.4, 0.5) is 11.4 Å². The molecule has 0 aliphatic rings. The summed E-state index contributed by atoms with van der Waals surface area (Å²) in [6.45, 7) is 3.66. The van der Waals surface area contributed by atoms with E-state index in [-0.39, 0.29) is 11.6 Å². The van der Waals surface area contributed by atoms with E-state index < -0.39 is 4.92 Å². The summed E-state index contributed by atoms with van der Waals surface area (Å²) < 4.78 is 5.14. The molecule has 1 N–H and O–H groups in total. The van der Waals surface area contributed by atoms with Gasteiger partial charge < -0.3 is 9.84 Å². The van der Waals surface area contributed by atoms with E-state index in [0.717, 1.165) is 16.1 Å². The molecule has 0 spiro atoms. The number of hydrogen-bond donors (Lipinski definition) is 1. The van der Waals surface area contributed by atoms with Gasteiger partial charge in [-0.05, 0) is 32.0 Å². The highest BCUT2D eigenvalue weighted by atomic mass is 32.1. The molecule has 0 aliphatic heterocycles. The van der Waals surface area contributed by atoms with Crippen LogP contribution < -0.4 is 5.32 Å². The normalized spacial score (nSPS) is 10.6. The lowest BCUT2D eigenvalue weighted by atomic mass is 10.2. The van der Waals surface area contributed by atoms with Gasteiger partial charge in [0.1, 0.15) is 5.76 Å². The topological polar surface area (TPSA) is 98.3 Å². The first-order valence-electron chi connectivity index (χ1n) is 7.04. The molecule has 8 heteroatoms. The molecule has 0 aliphatic carbocycles. The van der Waals surface area contributed by atoms with Crippen LogP contribution in [0.1, 0.15) is 21.1 Å². The summed E-state index contributed by atoms with van der Waals surface area (Å²) in [5.74, 6) is 0.374. The lowest BCUT2D eigenvalue weighted by molar-refractivity contribution is -0.384. The molecule has 7 nitrogen and oxygen atoms in total. The van der Waals surface area contributed by atoms with E-state index in [2.05, 4.69) is 10.5 Å². The van der Waals surface area contributed by atoms with Crippen LogP contribution in [-0.4, -0.2) is 16.0 Å². The summed E-state index contributed by atoms with van der Waals surface area (Å²) in [6, 6.07) is 9.36. The number of nitro groups is 1. The number of nitrogens with zero attached hydrogens (tertiary/aromatic N) is 2. The number of anilines is 1. The molecule has 122 valence electrons. The minimum absolute atomic E-state index is 0.0737. The Kier molecular flexibility index (Phi) is 4.13. The molecule has 3 rings (SSSR count). The Bertz CT molecular complexity index is 910. The van der Waals surface area contributed by atoms with Crippen LogP contribution >= 0.6 is 11.3 Å². The molecule has 1 aromatic carbocycles. The minimum Gasteiger partial charge on any atom is -0.361 e. The molecule has 24 heavy (non-hydrogen) atoms. The highest BCUT2D eigenvalue weighted by molar-refractivity contribution is 7.17. The van der Waals surface area contributed by atoms with Gasteiger partial charge in [-0.25, -0.2) is 0 Å². The molecule has 0 saturated carbocycles. The second-order valence-electron chi connectivity index (χ2n) is 5.12. The van der Waals surface area contributed by atoms with Crippen LogP contribution in [0.3, 0.4) is 0 Å². The number of benzene rings is 1. The van der Waals surface area contributed by atoms with Gasteiger partial charge in [-0.15, -0.1) is 11.3 Å². The van der Waals surface area contributed by atoms with Crippen LogP contribution in [0.5, 0.6) is 0 Å². The summed E-state index contributed by atoms with van der Waals surface area (Å²) in [4.78, 5) is 24.0. The third-order valence-electron chi connectivity index (χ3n) is 3.42. The fraction of sp³-hybridized carbons (Fsp3) is 0.125. The first kappa shape index (κ1) is 15.9. The molecular formula is C16H13N3O4S. The zero-order chi connectivity index (χ0) is 17.3. The molecular weight excluding hydrogens is 330 g/mol. The zero-order valence-corrected chi connectivity index (χ0v) is 13.7. The largest absolute Gasteiger partial charge is 0.361 e. The van der Waals surface area contributed by atoms with Crippen molar-refractivity contribution >= 4 is 28.6 Å². The number of aryl methyl sites for hydroxylation is 2. The smallest absolute Gasteiger partial charge is 0.271 e. The van der Waals surface area contributed by atoms with Crippen molar-refractivity contribution in [3.63, 3.8) is 0 Å². The Hall–Kier alpha value is -3.00. The molecule has 0 atom stereocenters. The number of nitrogens with one attached hydrogen (secondary N) is 1. The quantitative estimate of drug-likeness (QED) is 0.566. The average Bonchev–Trinajstić information content (AvgIpc) is 3.14. The predicted octanol–water partition coefficient (Wildman–Crippen LogP) is 4.18. The van der Waals surface area contributed by atoms with E-state index in [9.17, 15) is 14.9 Å². The van der Waals surface area contributed by atoms with Crippen LogP contribution in [0.15, 0.2) is 40.9 Å². The van der Waals surface area contributed by atoms with Crippen molar-refractivity contribution in [3.05, 3.63) is 62.8 Å². The van der Waals surface area contributed by atoms with Gasteiger partial charge in [0.25, 0.3) is 11.6 Å². The maximum absolute atomic E-state index is 12.3. The maximum atomic E-state index is 12.3. The molecule has 0 unspecified atom stereocenters. The van der Waals surface area contributed by atoms with Crippen molar-refractivity contribution in [1.29, 1.82) is 0 Å². The second-order valence-corrected chi connectivity index (χ2v) is 6.21. The SMILES string of the molecule is Cc1noc(C)c1-c1ccc(C(=O)Nc2cccc([N+](=O)[O-])c2)s1. The van der Waals surface area contributed by atoms with Gasteiger partial charge in [-0.1, -0.05) is 11.2 Å². The molecule has 1 amide bonds. The van der Waals surface area contributed by atoms with Crippen LogP contribution in [0.2, 0.25) is 0 Å². The second kappa shape index (κ2) is 6.25. The summed E-state index contributed by atoms with van der Waals surface area (Å²) >= 11 is 1.31. The van der Waals surface area contributed by atoms with E-state index in [1.165, 1.54) is 29.5 Å². The fourth-order valence-corrected chi connectivity index (χ4v) is 3.37. The number of aromatic nitrogens is 1. The van der Waals surface area contributed by atoms with Crippen LogP contribution in [0, 0.1) is 24.0 Å². The molecule has 2 heterocycles. The van der Waals surface area contributed by atoms with Gasteiger partial charge in [0, 0.05) is 22.7 Å². The third kappa shape index (κ3) is 3.04. The molecule has 3 aromatic rings. The molecule has 2 aromatic heterocycles. The highest BCUT2D eigenvalue weighted by Gasteiger charge is 2.17. The van der Waals surface area contributed by atoms with Crippen molar-refractivity contribution in [3.8, 4) is 10.4 Å². The van der Waals surface area contributed by atoms with Crippen molar-refractivity contribution in [2.45, 2.75) is 13.8 Å². The van der Waals surface area contributed by atoms with Crippen LogP contribution in [0.25, 0.3) is 10.4 Å². The number of hydrogen-bond acceptors (Lipinski definition) is 6. The Balaban J connectivity index is 1.82. The van der Waals surface area contributed by atoms with Gasteiger partial charge in [0.15, 0.2) is 0 Å². The highest BCUT2D eigenvalue weighted by Crippen LogP contribution is 2.33. The van der Waals surface area contributed by atoms with E-state index in [1.54, 1.807) is 12.1 Å². The summed E-state index contributed by atoms with van der Waals surface area (Å²) in [7, 11) is 0. The first-order valence-corrected chi connectivity index (χ1v) is 7.86. The monoisotopic (exact) mass is 343 g/mol. The summed E-state index contributed by atoms with van der Waals surface area (Å²) in [5, 5.41) is 17.4. The van der Waals surface area contributed by atoms with Gasteiger partial charge in [-0.3, -0.25) is 14.9 Å². The number of carbonyl (C=O) groups excluding carboxylic acids is 1. The van der Waals surface area contributed by atoms with Crippen molar-refractivity contribution in [2.75, 3.05) is 5.32 Å². The third-order valence-corrected chi connectivity index (χ3v) is 4.53. The number of carbonyl (C=O) groups is 1. The lowest BCUT2D eigenvalue weighted by Crippen LogP contribution is -2.10. The standard InChI is InChI=1S/C16H13N3O4S/c1-9-15(10(2)23-18-9)13-6-7-14(24-13)16(20)17-11-4-3-5-12(8-11)19(21)22/h3-8H,1-2H3,(H,17,20). The minimum atomic E-state index is -0.504. The van der Waals surface area contributed by atoms with Crippen LogP contribution in [-0.2, 0) is 0 Å². The van der Waals surface area contributed by atoms with Gasteiger partial charge in [0.05, 0.1) is 21.1 Å². The Morgan fingerprint density at radius 1 is 1.29 bits per heavy atom. The van der Waals surface area contributed by atoms with Gasteiger partial charge >= 0.3 is 0 Å². The Labute approximate surface area is 141 Å². The van der Waals surface area contributed by atoms with E-state index >= 15 is 0 Å². The summed E-state index contributed by atoms with van der Waals surface area (Å²) in [5.41, 5.74) is 1.95. The lowest BCUT2D eigenvalue weighted by Gasteiger charge is -2.03. The van der Waals surface area contributed by atoms with E-state index in [0.29, 0.717) is 16.3 Å². The Morgan fingerprint density at radius 3 is 2.75 bits per heavy atom. The molecule has 0 bridgehead atoms. The van der Waals surface area contributed by atoms with Crippen molar-refractivity contribution in [2.24, 2.45) is 0 Å². The van der Waals surface area contributed by atoms with Crippen molar-refractivity contribution in [1.82, 2.24) is 5.16 Å². The first-order chi connectivity index (χ1) is 11.5. The zero-order valence-electron chi connectivity index (χ0n) is 12.9. The van der Waals surface area contributed by atoms with E-state index in [1.807, 2.05) is 19.9 Å². The Morgan fingerprint density at radius 2 is 2.08 bits per heavy atom. The van der Waals surface area contributed by atoms with E-state index in [4.69, 9.17) is 4.52 Å². The molecule has 0 radical (unpaired) electrons. The number of non-ortho nitro benzene ring substituents is 1. The number of thiophene rings is 1. The van der Waals surface area contributed by atoms with Gasteiger partial charge in [0.2, 0.25) is 0 Å². The maximum Gasteiger partial charge on any atom is 0.271 e. The number of amides is 1. The molecule has 0 fully saturated rings. The summed E-state index contributed by atoms with van der Waals surface area (Å²) in [6.07, 6.45) is 0. The molecule has 0 saturated heterocycles. The average molecular weight is 343 g/mol. The predicted molar refractivity (Wildman–Crippen MR) is 90.3 cm³/mol. The fourth-order valence-electron chi connectivity index (χ4n) is 2.32. The van der Waals surface area contributed by atoms with Gasteiger partial charge in [-0.2, -0.15) is 0 Å². The number of rotatable bonds is 4. The number of nitro benzene ring substituents is 1.